The van der Waals surface area contributed by atoms with Gasteiger partial charge in [0.1, 0.15) is 0 Å². The van der Waals surface area contributed by atoms with Crippen molar-refractivity contribution in [1.82, 2.24) is 15.1 Å². The predicted molar refractivity (Wildman–Crippen MR) is 87.0 cm³/mol. The van der Waals surface area contributed by atoms with Crippen LogP contribution >= 0.6 is 0 Å². The van der Waals surface area contributed by atoms with Gasteiger partial charge in [0.25, 0.3) is 5.91 Å². The molecule has 124 valence electrons. The van der Waals surface area contributed by atoms with E-state index in [1.54, 1.807) is 6.20 Å². The summed E-state index contributed by atoms with van der Waals surface area (Å²) < 4.78 is 2.03. The number of aliphatic hydroxyl groups is 1. The molecule has 1 aliphatic carbocycles. The summed E-state index contributed by atoms with van der Waals surface area (Å²) in [7, 11) is 0. The molecule has 0 bridgehead atoms. The van der Waals surface area contributed by atoms with E-state index in [1.165, 1.54) is 0 Å². The number of hydrogen-bond donors (Lipinski definition) is 2. The minimum Gasteiger partial charge on any atom is -0.396 e. The van der Waals surface area contributed by atoms with Gasteiger partial charge in [-0.3, -0.25) is 9.48 Å². The van der Waals surface area contributed by atoms with Crippen LogP contribution in [0.2, 0.25) is 0 Å². The van der Waals surface area contributed by atoms with Crippen LogP contribution < -0.4 is 5.32 Å². The summed E-state index contributed by atoms with van der Waals surface area (Å²) >= 11 is 0. The Morgan fingerprint density at radius 2 is 2.14 bits per heavy atom. The summed E-state index contributed by atoms with van der Waals surface area (Å²) in [6.45, 7) is 8.49. The van der Waals surface area contributed by atoms with E-state index >= 15 is 0 Å². The first kappa shape index (κ1) is 17.0. The van der Waals surface area contributed by atoms with E-state index in [4.69, 9.17) is 5.11 Å². The number of hydrogen-bond acceptors (Lipinski definition) is 3. The summed E-state index contributed by atoms with van der Waals surface area (Å²) in [6, 6.07) is 0.312. The molecular weight excluding hydrogens is 278 g/mol. The highest BCUT2D eigenvalue weighted by molar-refractivity contribution is 5.95. The Kier molecular flexibility index (Phi) is 5.62. The number of aliphatic hydroxyl groups excluding tert-OH is 1. The molecule has 0 radical (unpaired) electrons. The molecule has 0 spiro atoms. The van der Waals surface area contributed by atoms with Crippen LogP contribution in [0.4, 0.5) is 0 Å². The number of aromatic nitrogens is 2. The minimum atomic E-state index is -0.0522. The average Bonchev–Trinajstić information content (AvgIpc) is 3.23. The van der Waals surface area contributed by atoms with Gasteiger partial charge in [-0.25, -0.2) is 0 Å². The molecule has 1 saturated carbocycles. The minimum absolute atomic E-state index is 0.00324. The third kappa shape index (κ3) is 3.69. The molecule has 2 N–H and O–H groups in total. The fourth-order valence-corrected chi connectivity index (χ4v) is 2.79. The number of carbonyl (C=O) groups is 1. The van der Waals surface area contributed by atoms with Crippen molar-refractivity contribution in [2.45, 2.75) is 71.4 Å². The SMILES string of the molecule is CCC(C)n1ncc(C(=O)NC(CCO)C(C)C)c1C1CC1. The maximum absolute atomic E-state index is 12.7. The van der Waals surface area contributed by atoms with Gasteiger partial charge in [0.05, 0.1) is 17.5 Å². The van der Waals surface area contributed by atoms with Gasteiger partial charge in [0, 0.05) is 24.6 Å². The molecule has 5 heteroatoms. The molecule has 1 aromatic rings. The van der Waals surface area contributed by atoms with E-state index < -0.39 is 0 Å². The lowest BCUT2D eigenvalue weighted by Gasteiger charge is -2.22. The van der Waals surface area contributed by atoms with Crippen LogP contribution in [0.3, 0.4) is 0 Å². The van der Waals surface area contributed by atoms with Gasteiger partial charge in [-0.1, -0.05) is 20.8 Å². The van der Waals surface area contributed by atoms with Gasteiger partial charge in [-0.15, -0.1) is 0 Å². The number of amides is 1. The Morgan fingerprint density at radius 1 is 1.45 bits per heavy atom. The third-order valence-electron chi connectivity index (χ3n) is 4.61. The number of carbonyl (C=O) groups excluding carboxylic acids is 1. The van der Waals surface area contributed by atoms with Gasteiger partial charge < -0.3 is 10.4 Å². The number of rotatable bonds is 8. The molecule has 0 aromatic carbocycles. The summed E-state index contributed by atoms with van der Waals surface area (Å²) in [5, 5.41) is 16.7. The molecule has 1 aliphatic rings. The van der Waals surface area contributed by atoms with Crippen LogP contribution in [0.25, 0.3) is 0 Å². The first-order valence-corrected chi connectivity index (χ1v) is 8.48. The molecule has 22 heavy (non-hydrogen) atoms. The topological polar surface area (TPSA) is 67.2 Å². The Hall–Kier alpha value is -1.36. The summed E-state index contributed by atoms with van der Waals surface area (Å²) in [5.74, 6) is 0.723. The van der Waals surface area contributed by atoms with Crippen molar-refractivity contribution >= 4 is 5.91 Å². The van der Waals surface area contributed by atoms with Crippen LogP contribution in [0, 0.1) is 5.92 Å². The van der Waals surface area contributed by atoms with E-state index in [9.17, 15) is 4.79 Å². The van der Waals surface area contributed by atoms with Crippen molar-refractivity contribution in [3.05, 3.63) is 17.5 Å². The highest BCUT2D eigenvalue weighted by Crippen LogP contribution is 2.42. The lowest BCUT2D eigenvalue weighted by atomic mass is 10.0. The maximum atomic E-state index is 12.7. The third-order valence-corrected chi connectivity index (χ3v) is 4.61. The lowest BCUT2D eigenvalue weighted by molar-refractivity contribution is 0.0915. The average molecular weight is 307 g/mol. The standard InChI is InChI=1S/C17H29N3O2/c1-5-12(4)20-16(13-6-7-13)14(10-18-20)17(22)19-15(8-9-21)11(2)3/h10-13,15,21H,5-9H2,1-4H3,(H,19,22). The first-order valence-electron chi connectivity index (χ1n) is 8.48. The largest absolute Gasteiger partial charge is 0.396 e. The van der Waals surface area contributed by atoms with E-state index in [2.05, 4.69) is 38.1 Å². The fraction of sp³-hybridized carbons (Fsp3) is 0.765. The van der Waals surface area contributed by atoms with E-state index in [-0.39, 0.29) is 18.6 Å². The lowest BCUT2D eigenvalue weighted by Crippen LogP contribution is -2.39. The smallest absolute Gasteiger partial charge is 0.254 e. The Bertz CT molecular complexity index is 506. The van der Waals surface area contributed by atoms with Crippen molar-refractivity contribution in [3.63, 3.8) is 0 Å². The van der Waals surface area contributed by atoms with Crippen LogP contribution in [0.5, 0.6) is 0 Å². The zero-order chi connectivity index (χ0) is 16.3. The van der Waals surface area contributed by atoms with E-state index in [0.717, 1.165) is 25.0 Å². The Balaban J connectivity index is 2.20. The quantitative estimate of drug-likeness (QED) is 0.776. The normalized spacial score (nSPS) is 17.5. The highest BCUT2D eigenvalue weighted by Gasteiger charge is 2.33. The monoisotopic (exact) mass is 307 g/mol. The second-order valence-corrected chi connectivity index (χ2v) is 6.76. The zero-order valence-corrected chi connectivity index (χ0v) is 14.2. The van der Waals surface area contributed by atoms with Crippen molar-refractivity contribution < 1.29 is 9.90 Å². The second kappa shape index (κ2) is 7.27. The summed E-state index contributed by atoms with van der Waals surface area (Å²) in [4.78, 5) is 12.7. The summed E-state index contributed by atoms with van der Waals surface area (Å²) in [6.07, 6.45) is 5.59. The van der Waals surface area contributed by atoms with E-state index in [1.807, 2.05) is 4.68 Å². The molecule has 2 unspecified atom stereocenters. The van der Waals surface area contributed by atoms with Crippen molar-refractivity contribution in [2.24, 2.45) is 5.92 Å². The van der Waals surface area contributed by atoms with Crippen LogP contribution in [0.15, 0.2) is 6.20 Å². The highest BCUT2D eigenvalue weighted by atomic mass is 16.3. The van der Waals surface area contributed by atoms with Crippen LogP contribution in [0.1, 0.15) is 81.4 Å². The first-order chi connectivity index (χ1) is 10.5. The molecule has 2 rings (SSSR count). The molecule has 0 saturated heterocycles. The Labute approximate surface area is 133 Å². The van der Waals surface area contributed by atoms with Gasteiger partial charge in [-0.2, -0.15) is 5.10 Å². The van der Waals surface area contributed by atoms with Crippen molar-refractivity contribution in [1.29, 1.82) is 0 Å². The molecule has 5 nitrogen and oxygen atoms in total. The maximum Gasteiger partial charge on any atom is 0.254 e. The molecule has 2 atom stereocenters. The van der Waals surface area contributed by atoms with Crippen LogP contribution in [-0.4, -0.2) is 33.4 Å². The molecule has 1 heterocycles. The summed E-state index contributed by atoms with van der Waals surface area (Å²) in [5.41, 5.74) is 1.81. The van der Waals surface area contributed by atoms with Gasteiger partial charge in [0.2, 0.25) is 0 Å². The molecule has 1 fully saturated rings. The van der Waals surface area contributed by atoms with Crippen molar-refractivity contribution in [2.75, 3.05) is 6.61 Å². The molecule has 0 aliphatic heterocycles. The van der Waals surface area contributed by atoms with Crippen LogP contribution in [-0.2, 0) is 0 Å². The Morgan fingerprint density at radius 3 is 2.64 bits per heavy atom. The molecular formula is C17H29N3O2. The zero-order valence-electron chi connectivity index (χ0n) is 14.2. The van der Waals surface area contributed by atoms with Gasteiger partial charge >= 0.3 is 0 Å². The number of nitrogens with zero attached hydrogens (tertiary/aromatic N) is 2. The van der Waals surface area contributed by atoms with Crippen molar-refractivity contribution in [3.8, 4) is 0 Å². The van der Waals surface area contributed by atoms with E-state index in [0.29, 0.717) is 29.9 Å². The second-order valence-electron chi connectivity index (χ2n) is 6.76. The predicted octanol–water partition coefficient (Wildman–Crippen LogP) is 2.87. The number of nitrogens with one attached hydrogen (secondary N) is 1. The molecule has 1 aromatic heterocycles. The van der Waals surface area contributed by atoms with Gasteiger partial charge in [-0.05, 0) is 38.5 Å². The van der Waals surface area contributed by atoms with Gasteiger partial charge in [0.15, 0.2) is 0 Å². The fourth-order valence-electron chi connectivity index (χ4n) is 2.79. The molecule has 1 amide bonds.